The topological polar surface area (TPSA) is 125 Å². The van der Waals surface area contributed by atoms with Gasteiger partial charge in [-0.25, -0.2) is 14.5 Å². The Morgan fingerprint density at radius 3 is 2.53 bits per heavy atom. The molecule has 0 aliphatic carbocycles. The molecule has 0 unspecified atom stereocenters. The van der Waals surface area contributed by atoms with Crippen LogP contribution in [0.15, 0.2) is 51.0 Å². The van der Waals surface area contributed by atoms with Gasteiger partial charge in [-0.3, -0.25) is 9.59 Å². The summed E-state index contributed by atoms with van der Waals surface area (Å²) in [6.45, 7) is 1.43. The monoisotopic (exact) mass is 565 g/mol. The molecule has 9 nitrogen and oxygen atoms in total. The van der Waals surface area contributed by atoms with Crippen molar-refractivity contribution < 1.29 is 29.0 Å². The number of halogens is 2. The molecule has 11 heteroatoms. The first kappa shape index (κ1) is 23.5. The number of hydrogen-bond donors (Lipinski definition) is 3. The predicted octanol–water partition coefficient (Wildman–Crippen LogP) is 3.63. The van der Waals surface area contributed by atoms with Crippen LogP contribution in [0.5, 0.6) is 5.75 Å². The number of amides is 4. The van der Waals surface area contributed by atoms with Gasteiger partial charge in [0.1, 0.15) is 18.0 Å². The fourth-order valence-electron chi connectivity index (χ4n) is 2.81. The van der Waals surface area contributed by atoms with Gasteiger partial charge in [-0.05, 0) is 65.3 Å². The quantitative estimate of drug-likeness (QED) is 0.278. The summed E-state index contributed by atoms with van der Waals surface area (Å²) in [5, 5.41) is 15.1. The molecule has 0 bridgehead atoms. The molecule has 1 aliphatic heterocycles. The first-order valence-corrected chi connectivity index (χ1v) is 10.9. The molecule has 2 aromatic carbocycles. The molecule has 166 valence electrons. The average molecular weight is 567 g/mol. The zero-order valence-corrected chi connectivity index (χ0v) is 19.8. The lowest BCUT2D eigenvalue weighted by Crippen LogP contribution is -2.38. The summed E-state index contributed by atoms with van der Waals surface area (Å²) in [5.41, 5.74) is 0.927. The third-order valence-electron chi connectivity index (χ3n) is 4.30. The largest absolute Gasteiger partial charge is 0.506 e. The number of nitrogens with one attached hydrogen (secondary N) is 2. The van der Waals surface area contributed by atoms with Crippen LogP contribution in [0.1, 0.15) is 22.8 Å². The normalized spacial score (nSPS) is 14.5. The van der Waals surface area contributed by atoms with E-state index in [1.165, 1.54) is 30.3 Å². The number of hydrogen-bond acceptors (Lipinski definition) is 6. The summed E-state index contributed by atoms with van der Waals surface area (Å²) in [6, 6.07) is 8.44. The van der Waals surface area contributed by atoms with E-state index in [1.54, 1.807) is 19.1 Å². The fraction of sp³-hybridized carbons (Fsp3) is 0.143. The van der Waals surface area contributed by atoms with E-state index < -0.39 is 30.4 Å². The van der Waals surface area contributed by atoms with Crippen molar-refractivity contribution in [1.82, 2.24) is 10.2 Å². The van der Waals surface area contributed by atoms with Crippen molar-refractivity contribution in [2.45, 2.75) is 6.92 Å². The summed E-state index contributed by atoms with van der Waals surface area (Å²) in [7, 11) is 0. The highest BCUT2D eigenvalue weighted by atomic mass is 79.9. The van der Waals surface area contributed by atoms with E-state index in [4.69, 9.17) is 4.74 Å². The average Bonchev–Trinajstić information content (AvgIpc) is 2.99. The molecule has 32 heavy (non-hydrogen) atoms. The zero-order chi connectivity index (χ0) is 23.4. The van der Waals surface area contributed by atoms with Crippen molar-refractivity contribution in [3.63, 3.8) is 0 Å². The summed E-state index contributed by atoms with van der Waals surface area (Å²) < 4.78 is 5.95. The van der Waals surface area contributed by atoms with E-state index in [2.05, 4.69) is 42.5 Å². The molecule has 0 atom stereocenters. The van der Waals surface area contributed by atoms with Gasteiger partial charge in [0.2, 0.25) is 5.91 Å². The highest BCUT2D eigenvalue weighted by molar-refractivity contribution is 9.11. The highest BCUT2D eigenvalue weighted by Crippen LogP contribution is 2.33. The number of carbonyl (C=O) groups is 4. The van der Waals surface area contributed by atoms with Crippen LogP contribution in [0.25, 0.3) is 6.08 Å². The van der Waals surface area contributed by atoms with Crippen LogP contribution >= 0.6 is 31.9 Å². The number of urea groups is 1. The number of esters is 1. The Morgan fingerprint density at radius 1 is 1.19 bits per heavy atom. The first-order chi connectivity index (χ1) is 15.2. The maximum atomic E-state index is 12.6. The van der Waals surface area contributed by atoms with Gasteiger partial charge in [-0.1, -0.05) is 15.9 Å². The second-order valence-corrected chi connectivity index (χ2v) is 8.32. The van der Waals surface area contributed by atoms with Crippen LogP contribution in [-0.2, 0) is 14.3 Å². The number of aromatic hydroxyl groups is 1. The SMILES string of the molecule is CCOC(=O)c1ccc(NC(=O)CN2C(=O)N/C(=C\c3cc(Br)cc(Br)c3O)C2=O)cc1. The Balaban J connectivity index is 1.68. The van der Waals surface area contributed by atoms with Gasteiger partial charge in [-0.15, -0.1) is 0 Å². The number of nitrogens with zero attached hydrogens (tertiary/aromatic N) is 1. The minimum atomic E-state index is -0.761. The van der Waals surface area contributed by atoms with E-state index in [-0.39, 0.29) is 18.1 Å². The molecule has 1 fully saturated rings. The molecule has 3 rings (SSSR count). The second-order valence-electron chi connectivity index (χ2n) is 6.55. The van der Waals surface area contributed by atoms with Gasteiger partial charge < -0.3 is 20.5 Å². The molecule has 4 amide bonds. The number of phenols is 1. The van der Waals surface area contributed by atoms with Gasteiger partial charge in [0, 0.05) is 15.7 Å². The number of benzene rings is 2. The van der Waals surface area contributed by atoms with Crippen molar-refractivity contribution in [3.8, 4) is 5.75 Å². The fourth-order valence-corrected chi connectivity index (χ4v) is 4.07. The summed E-state index contributed by atoms with van der Waals surface area (Å²) >= 11 is 6.49. The lowest BCUT2D eigenvalue weighted by atomic mass is 10.1. The lowest BCUT2D eigenvalue weighted by molar-refractivity contribution is -0.127. The smallest absolute Gasteiger partial charge is 0.338 e. The number of rotatable bonds is 6. The maximum absolute atomic E-state index is 12.6. The van der Waals surface area contributed by atoms with Gasteiger partial charge in [-0.2, -0.15) is 0 Å². The summed E-state index contributed by atoms with van der Waals surface area (Å²) in [6.07, 6.45) is 1.32. The second kappa shape index (κ2) is 9.96. The minimum absolute atomic E-state index is 0.0816. The molecular formula is C21H17Br2N3O6. The van der Waals surface area contributed by atoms with E-state index in [1.807, 2.05) is 0 Å². The number of ether oxygens (including phenoxy) is 1. The molecule has 1 heterocycles. The Morgan fingerprint density at radius 2 is 1.88 bits per heavy atom. The van der Waals surface area contributed by atoms with Crippen LogP contribution < -0.4 is 10.6 Å². The number of phenolic OH excluding ortho intramolecular Hbond substituents is 1. The number of anilines is 1. The number of carbonyl (C=O) groups excluding carboxylic acids is 4. The Labute approximate surface area is 199 Å². The van der Waals surface area contributed by atoms with Crippen LogP contribution in [0.3, 0.4) is 0 Å². The van der Waals surface area contributed by atoms with Crippen LogP contribution in [0.4, 0.5) is 10.5 Å². The Hall–Kier alpha value is -3.18. The Kier molecular flexibility index (Phi) is 7.31. The highest BCUT2D eigenvalue weighted by Gasteiger charge is 2.35. The minimum Gasteiger partial charge on any atom is -0.506 e. The number of imide groups is 1. The lowest BCUT2D eigenvalue weighted by Gasteiger charge is -2.12. The van der Waals surface area contributed by atoms with Crippen molar-refractivity contribution in [2.24, 2.45) is 0 Å². The molecule has 2 aromatic rings. The van der Waals surface area contributed by atoms with Gasteiger partial charge in [0.25, 0.3) is 5.91 Å². The maximum Gasteiger partial charge on any atom is 0.338 e. The van der Waals surface area contributed by atoms with Gasteiger partial charge >= 0.3 is 12.0 Å². The van der Waals surface area contributed by atoms with E-state index >= 15 is 0 Å². The predicted molar refractivity (Wildman–Crippen MR) is 123 cm³/mol. The summed E-state index contributed by atoms with van der Waals surface area (Å²) in [5.74, 6) is -1.90. The molecule has 1 saturated heterocycles. The standard InChI is InChI=1S/C21H17Br2N3O6/c1-2-32-20(30)11-3-5-14(6-4-11)24-17(27)10-26-19(29)16(25-21(26)31)8-12-7-13(22)9-15(23)18(12)28/h3-9,28H,2,10H2,1H3,(H,24,27)(H,25,31)/b16-8-. The van der Waals surface area contributed by atoms with Crippen LogP contribution in [0.2, 0.25) is 0 Å². The van der Waals surface area contributed by atoms with Gasteiger partial charge in [0.15, 0.2) is 0 Å². The molecule has 0 aromatic heterocycles. The van der Waals surface area contributed by atoms with Crippen molar-refractivity contribution >= 4 is 67.4 Å². The molecule has 3 N–H and O–H groups in total. The molecule has 1 aliphatic rings. The molecule has 0 radical (unpaired) electrons. The van der Waals surface area contributed by atoms with Crippen molar-refractivity contribution in [2.75, 3.05) is 18.5 Å². The van der Waals surface area contributed by atoms with Crippen LogP contribution in [-0.4, -0.2) is 47.0 Å². The zero-order valence-electron chi connectivity index (χ0n) is 16.6. The van der Waals surface area contributed by atoms with Crippen molar-refractivity contribution in [1.29, 1.82) is 0 Å². The Bertz CT molecular complexity index is 1130. The third kappa shape index (κ3) is 5.35. The molecular weight excluding hydrogens is 550 g/mol. The third-order valence-corrected chi connectivity index (χ3v) is 5.36. The molecule has 0 spiro atoms. The van der Waals surface area contributed by atoms with E-state index in [9.17, 15) is 24.3 Å². The van der Waals surface area contributed by atoms with Crippen LogP contribution in [0, 0.1) is 0 Å². The van der Waals surface area contributed by atoms with E-state index in [0.717, 1.165) is 4.90 Å². The van der Waals surface area contributed by atoms with Gasteiger partial charge in [0.05, 0.1) is 16.6 Å². The van der Waals surface area contributed by atoms with E-state index in [0.29, 0.717) is 25.8 Å². The molecule has 0 saturated carbocycles. The first-order valence-electron chi connectivity index (χ1n) is 9.29. The summed E-state index contributed by atoms with van der Waals surface area (Å²) in [4.78, 5) is 49.6. The van der Waals surface area contributed by atoms with Crippen molar-refractivity contribution in [3.05, 3.63) is 62.2 Å².